The van der Waals surface area contributed by atoms with Gasteiger partial charge in [-0.2, -0.15) is 0 Å². The molecule has 2 aliphatic heterocycles. The summed E-state index contributed by atoms with van der Waals surface area (Å²) in [5.41, 5.74) is 0.640. The van der Waals surface area contributed by atoms with Gasteiger partial charge in [0.1, 0.15) is 18.2 Å². The second-order valence-corrected chi connectivity index (χ2v) is 6.81. The first-order valence-corrected chi connectivity index (χ1v) is 9.17. The van der Waals surface area contributed by atoms with Gasteiger partial charge in [0.05, 0.1) is 18.2 Å². The molecule has 1 amide bonds. The lowest BCUT2D eigenvalue weighted by Crippen LogP contribution is -2.42. The van der Waals surface area contributed by atoms with Crippen molar-refractivity contribution in [2.75, 3.05) is 13.7 Å². The second-order valence-electron chi connectivity index (χ2n) is 6.81. The number of rotatable bonds is 5. The summed E-state index contributed by atoms with van der Waals surface area (Å²) in [5, 5.41) is 8.59. The predicted molar refractivity (Wildman–Crippen MR) is 95.0 cm³/mol. The maximum absolute atomic E-state index is 13.4. The van der Waals surface area contributed by atoms with Crippen molar-refractivity contribution in [2.45, 2.75) is 51.4 Å². The van der Waals surface area contributed by atoms with E-state index in [4.69, 9.17) is 9.47 Å². The fraction of sp³-hybridized carbons (Fsp3) is 0.526. The number of carbonyl (C=O) groups excluding carboxylic acids is 1. The van der Waals surface area contributed by atoms with Crippen LogP contribution in [0.2, 0.25) is 0 Å². The first kappa shape index (κ1) is 17.0. The Morgan fingerprint density at radius 2 is 2.04 bits per heavy atom. The third kappa shape index (κ3) is 2.86. The van der Waals surface area contributed by atoms with Crippen molar-refractivity contribution in [1.82, 2.24) is 19.7 Å². The van der Waals surface area contributed by atoms with Crippen LogP contribution in [0.3, 0.4) is 0 Å². The summed E-state index contributed by atoms with van der Waals surface area (Å²) in [4.78, 5) is 15.4. The van der Waals surface area contributed by atoms with E-state index in [0.717, 1.165) is 37.5 Å². The molecule has 2 atom stereocenters. The van der Waals surface area contributed by atoms with Crippen LogP contribution >= 0.6 is 0 Å². The van der Waals surface area contributed by atoms with Crippen LogP contribution in [0.5, 0.6) is 5.75 Å². The molecule has 0 aliphatic carbocycles. The molecule has 7 heteroatoms. The van der Waals surface area contributed by atoms with Crippen LogP contribution in [0.4, 0.5) is 0 Å². The number of carbonyl (C=O) groups is 1. The molecule has 0 saturated carbocycles. The highest BCUT2D eigenvalue weighted by Crippen LogP contribution is 2.34. The number of benzene rings is 1. The first-order valence-electron chi connectivity index (χ1n) is 9.17. The Labute approximate surface area is 152 Å². The number of hydrogen-bond donors (Lipinski definition) is 0. The lowest BCUT2D eigenvalue weighted by Gasteiger charge is -2.28. The largest absolute Gasteiger partial charge is 0.493 e. The van der Waals surface area contributed by atoms with Gasteiger partial charge in [-0.1, -0.05) is 12.1 Å². The van der Waals surface area contributed by atoms with Crippen LogP contribution in [-0.4, -0.2) is 51.4 Å². The summed E-state index contributed by atoms with van der Waals surface area (Å²) >= 11 is 0. The van der Waals surface area contributed by atoms with E-state index in [9.17, 15) is 4.79 Å². The van der Waals surface area contributed by atoms with Gasteiger partial charge in [-0.3, -0.25) is 4.79 Å². The minimum Gasteiger partial charge on any atom is -0.493 e. The Balaban J connectivity index is 1.64. The zero-order valence-electron chi connectivity index (χ0n) is 15.2. The highest BCUT2D eigenvalue weighted by molar-refractivity contribution is 5.97. The summed E-state index contributed by atoms with van der Waals surface area (Å²) in [5.74, 6) is 2.48. The summed E-state index contributed by atoms with van der Waals surface area (Å²) in [6, 6.07) is 7.81. The minimum absolute atomic E-state index is 0.0496. The highest BCUT2D eigenvalue weighted by atomic mass is 16.5. The Kier molecular flexibility index (Phi) is 4.63. The summed E-state index contributed by atoms with van der Waals surface area (Å²) in [7, 11) is 1.66. The molecule has 7 nitrogen and oxygen atoms in total. The molecule has 2 aromatic rings. The van der Waals surface area contributed by atoms with Gasteiger partial charge < -0.3 is 18.9 Å². The van der Waals surface area contributed by atoms with Gasteiger partial charge in [0, 0.05) is 26.1 Å². The van der Waals surface area contributed by atoms with E-state index in [0.29, 0.717) is 24.5 Å². The number of nitrogens with zero attached hydrogens (tertiary/aromatic N) is 4. The molecule has 2 aliphatic rings. The lowest BCUT2D eigenvalue weighted by molar-refractivity contribution is 0.0660. The van der Waals surface area contributed by atoms with E-state index < -0.39 is 0 Å². The normalized spacial score (nSPS) is 21.4. The zero-order valence-corrected chi connectivity index (χ0v) is 15.2. The Hall–Kier alpha value is -2.41. The van der Waals surface area contributed by atoms with E-state index in [1.54, 1.807) is 7.11 Å². The van der Waals surface area contributed by atoms with Gasteiger partial charge >= 0.3 is 0 Å². The fourth-order valence-corrected chi connectivity index (χ4v) is 4.13. The molecule has 0 spiro atoms. The van der Waals surface area contributed by atoms with Crippen LogP contribution < -0.4 is 4.74 Å². The first-order chi connectivity index (χ1) is 12.7. The van der Waals surface area contributed by atoms with Gasteiger partial charge in [-0.05, 0) is 31.9 Å². The van der Waals surface area contributed by atoms with Crippen molar-refractivity contribution >= 4 is 5.91 Å². The van der Waals surface area contributed by atoms with Crippen molar-refractivity contribution in [3.63, 3.8) is 0 Å². The van der Waals surface area contributed by atoms with Crippen LogP contribution in [-0.2, 0) is 24.3 Å². The molecular weight excluding hydrogens is 332 g/mol. The maximum atomic E-state index is 13.4. The number of hydrogen-bond acceptors (Lipinski definition) is 5. The third-order valence-corrected chi connectivity index (χ3v) is 5.26. The van der Waals surface area contributed by atoms with E-state index in [-0.39, 0.29) is 18.0 Å². The van der Waals surface area contributed by atoms with Crippen LogP contribution in [0.1, 0.15) is 41.8 Å². The topological polar surface area (TPSA) is 69.5 Å². The smallest absolute Gasteiger partial charge is 0.258 e. The average molecular weight is 356 g/mol. The molecular formula is C19H24N4O3. The number of amides is 1. The molecule has 26 heavy (non-hydrogen) atoms. The van der Waals surface area contributed by atoms with E-state index in [2.05, 4.69) is 14.8 Å². The molecule has 1 aromatic heterocycles. The van der Waals surface area contributed by atoms with Crippen molar-refractivity contribution in [3.05, 3.63) is 41.5 Å². The number of aromatic nitrogens is 3. The molecule has 138 valence electrons. The SMILES string of the molecule is CCOc1ccccc1C(=O)N1[C@@H]2CC[C@H]1Cc1nnc(COC)n1C2. The second kappa shape index (κ2) is 7.07. The summed E-state index contributed by atoms with van der Waals surface area (Å²) in [6.45, 7) is 3.63. The van der Waals surface area contributed by atoms with Crippen LogP contribution in [0, 0.1) is 0 Å². The molecule has 1 aromatic carbocycles. The van der Waals surface area contributed by atoms with Gasteiger partial charge in [-0.15, -0.1) is 10.2 Å². The molecule has 2 bridgehead atoms. The Morgan fingerprint density at radius 3 is 2.85 bits per heavy atom. The van der Waals surface area contributed by atoms with Gasteiger partial charge in [0.15, 0.2) is 5.82 Å². The predicted octanol–water partition coefficient (Wildman–Crippen LogP) is 2.05. The molecule has 1 fully saturated rings. The van der Waals surface area contributed by atoms with Gasteiger partial charge in [-0.25, -0.2) is 0 Å². The maximum Gasteiger partial charge on any atom is 0.258 e. The lowest BCUT2D eigenvalue weighted by atomic mass is 10.1. The molecule has 0 radical (unpaired) electrons. The highest BCUT2D eigenvalue weighted by Gasteiger charge is 2.41. The fourth-order valence-electron chi connectivity index (χ4n) is 4.13. The van der Waals surface area contributed by atoms with Crippen molar-refractivity contribution in [1.29, 1.82) is 0 Å². The zero-order chi connectivity index (χ0) is 18.1. The molecule has 0 unspecified atom stereocenters. The standard InChI is InChI=1S/C19H24N4O3/c1-3-26-16-7-5-4-6-15(16)19(24)23-13-8-9-14(23)11-22-17(10-13)20-21-18(22)12-25-2/h4-7,13-14H,3,8-12H2,1-2H3/t13-,14+/m0/s1. The van der Waals surface area contributed by atoms with Gasteiger partial charge in [0.25, 0.3) is 5.91 Å². The molecule has 3 heterocycles. The number of methoxy groups -OCH3 is 1. The minimum atomic E-state index is 0.0496. The number of para-hydroxylation sites is 1. The summed E-state index contributed by atoms with van der Waals surface area (Å²) < 4.78 is 13.0. The van der Waals surface area contributed by atoms with E-state index in [1.165, 1.54) is 0 Å². The summed E-state index contributed by atoms with van der Waals surface area (Å²) in [6.07, 6.45) is 2.73. The van der Waals surface area contributed by atoms with E-state index in [1.807, 2.05) is 36.1 Å². The number of fused-ring (bicyclic) bond motifs is 3. The van der Waals surface area contributed by atoms with Crippen molar-refractivity contribution in [2.24, 2.45) is 0 Å². The molecule has 1 saturated heterocycles. The average Bonchev–Trinajstić information content (AvgIpc) is 3.15. The van der Waals surface area contributed by atoms with E-state index >= 15 is 0 Å². The van der Waals surface area contributed by atoms with Crippen molar-refractivity contribution < 1.29 is 14.3 Å². The molecule has 4 rings (SSSR count). The van der Waals surface area contributed by atoms with Crippen LogP contribution in [0.15, 0.2) is 24.3 Å². The monoisotopic (exact) mass is 356 g/mol. The van der Waals surface area contributed by atoms with Crippen molar-refractivity contribution in [3.8, 4) is 5.75 Å². The van der Waals surface area contributed by atoms with Crippen LogP contribution in [0.25, 0.3) is 0 Å². The molecule has 0 N–H and O–H groups in total. The Morgan fingerprint density at radius 1 is 1.23 bits per heavy atom. The van der Waals surface area contributed by atoms with Gasteiger partial charge in [0.2, 0.25) is 0 Å². The third-order valence-electron chi connectivity index (χ3n) is 5.26. The quantitative estimate of drug-likeness (QED) is 0.820. The Bertz CT molecular complexity index is 804. The number of ether oxygens (including phenoxy) is 2.